The standard InChI is InChI=1S/C11H13NO2/c1-13-9-2-3-11-10(6-9)8(7-12)4-5-14-11/h2-6,8H,7,12H2,1H3. The summed E-state index contributed by atoms with van der Waals surface area (Å²) in [5.74, 6) is 1.93. The van der Waals surface area contributed by atoms with Crippen LogP contribution in [0.5, 0.6) is 11.5 Å². The van der Waals surface area contributed by atoms with Crippen molar-refractivity contribution in [3.8, 4) is 11.5 Å². The van der Waals surface area contributed by atoms with Crippen molar-refractivity contribution < 1.29 is 9.47 Å². The van der Waals surface area contributed by atoms with E-state index in [0.29, 0.717) is 6.54 Å². The number of hydrogen-bond donors (Lipinski definition) is 1. The first-order chi connectivity index (χ1) is 6.85. The van der Waals surface area contributed by atoms with Crippen molar-refractivity contribution in [3.05, 3.63) is 36.1 Å². The molecule has 0 bridgehead atoms. The zero-order valence-corrected chi connectivity index (χ0v) is 8.07. The SMILES string of the molecule is COc1ccc2c(c1)C(CN)C=CO2. The molecule has 1 unspecified atom stereocenters. The highest BCUT2D eigenvalue weighted by molar-refractivity contribution is 5.46. The largest absolute Gasteiger partial charge is 0.497 e. The molecule has 0 radical (unpaired) electrons. The molecule has 0 spiro atoms. The van der Waals surface area contributed by atoms with Crippen LogP contribution in [0.15, 0.2) is 30.5 Å². The predicted molar refractivity (Wildman–Crippen MR) is 54.6 cm³/mol. The Morgan fingerprint density at radius 1 is 1.50 bits per heavy atom. The van der Waals surface area contributed by atoms with Crippen molar-refractivity contribution in [2.75, 3.05) is 13.7 Å². The molecule has 1 aromatic carbocycles. The molecule has 14 heavy (non-hydrogen) atoms. The van der Waals surface area contributed by atoms with E-state index in [9.17, 15) is 0 Å². The molecule has 1 aromatic rings. The third kappa shape index (κ3) is 1.46. The number of rotatable bonds is 2. The van der Waals surface area contributed by atoms with Gasteiger partial charge in [0.1, 0.15) is 11.5 Å². The van der Waals surface area contributed by atoms with Gasteiger partial charge in [0.25, 0.3) is 0 Å². The zero-order valence-electron chi connectivity index (χ0n) is 8.07. The molecule has 1 atom stereocenters. The number of fused-ring (bicyclic) bond motifs is 1. The molecular formula is C11H13NO2. The molecule has 74 valence electrons. The fraction of sp³-hybridized carbons (Fsp3) is 0.273. The molecule has 3 nitrogen and oxygen atoms in total. The Morgan fingerprint density at radius 3 is 3.07 bits per heavy atom. The number of nitrogens with two attached hydrogens (primary N) is 1. The fourth-order valence-electron chi connectivity index (χ4n) is 1.57. The summed E-state index contributed by atoms with van der Waals surface area (Å²) in [5, 5.41) is 0. The average Bonchev–Trinajstić information content (AvgIpc) is 2.27. The number of ether oxygens (including phenoxy) is 2. The van der Waals surface area contributed by atoms with Crippen molar-refractivity contribution in [3.63, 3.8) is 0 Å². The van der Waals surface area contributed by atoms with E-state index in [1.54, 1.807) is 13.4 Å². The van der Waals surface area contributed by atoms with Gasteiger partial charge in [0.05, 0.1) is 13.4 Å². The van der Waals surface area contributed by atoms with Crippen molar-refractivity contribution in [1.82, 2.24) is 0 Å². The van der Waals surface area contributed by atoms with E-state index < -0.39 is 0 Å². The van der Waals surface area contributed by atoms with Crippen LogP contribution in [0.4, 0.5) is 0 Å². The molecule has 0 aliphatic carbocycles. The lowest BCUT2D eigenvalue weighted by Gasteiger charge is -2.19. The van der Waals surface area contributed by atoms with E-state index in [-0.39, 0.29) is 5.92 Å². The lowest BCUT2D eigenvalue weighted by atomic mass is 9.97. The van der Waals surface area contributed by atoms with Gasteiger partial charge >= 0.3 is 0 Å². The lowest BCUT2D eigenvalue weighted by Crippen LogP contribution is -2.14. The summed E-state index contributed by atoms with van der Waals surface area (Å²) in [5.41, 5.74) is 6.75. The van der Waals surface area contributed by atoms with E-state index in [0.717, 1.165) is 17.1 Å². The van der Waals surface area contributed by atoms with Gasteiger partial charge in [-0.3, -0.25) is 0 Å². The maximum absolute atomic E-state index is 5.66. The Balaban J connectivity index is 2.42. The summed E-state index contributed by atoms with van der Waals surface area (Å²) in [7, 11) is 1.65. The molecule has 0 saturated carbocycles. The highest BCUT2D eigenvalue weighted by Gasteiger charge is 2.16. The van der Waals surface area contributed by atoms with E-state index in [2.05, 4.69) is 0 Å². The van der Waals surface area contributed by atoms with Gasteiger partial charge < -0.3 is 15.2 Å². The smallest absolute Gasteiger partial charge is 0.130 e. The monoisotopic (exact) mass is 191 g/mol. The maximum Gasteiger partial charge on any atom is 0.130 e. The second-order valence-electron chi connectivity index (χ2n) is 3.19. The van der Waals surface area contributed by atoms with E-state index in [4.69, 9.17) is 15.2 Å². The molecular weight excluding hydrogens is 178 g/mol. The Hall–Kier alpha value is -1.48. The van der Waals surface area contributed by atoms with Gasteiger partial charge in [-0.25, -0.2) is 0 Å². The van der Waals surface area contributed by atoms with Crippen LogP contribution < -0.4 is 15.2 Å². The van der Waals surface area contributed by atoms with Gasteiger partial charge in [0, 0.05) is 18.0 Å². The number of hydrogen-bond acceptors (Lipinski definition) is 3. The first-order valence-corrected chi connectivity index (χ1v) is 4.56. The Kier molecular flexibility index (Phi) is 2.41. The van der Waals surface area contributed by atoms with Crippen molar-refractivity contribution in [2.24, 2.45) is 5.73 Å². The Morgan fingerprint density at radius 2 is 2.36 bits per heavy atom. The zero-order chi connectivity index (χ0) is 9.97. The maximum atomic E-state index is 5.66. The predicted octanol–water partition coefficient (Wildman–Crippen LogP) is 1.64. The van der Waals surface area contributed by atoms with Gasteiger partial charge in [0.2, 0.25) is 0 Å². The van der Waals surface area contributed by atoms with Gasteiger partial charge in [-0.15, -0.1) is 0 Å². The summed E-state index contributed by atoms with van der Waals surface area (Å²) >= 11 is 0. The van der Waals surface area contributed by atoms with E-state index >= 15 is 0 Å². The van der Waals surface area contributed by atoms with E-state index in [1.165, 1.54) is 0 Å². The quantitative estimate of drug-likeness (QED) is 0.773. The van der Waals surface area contributed by atoms with Crippen LogP contribution in [0, 0.1) is 0 Å². The van der Waals surface area contributed by atoms with Crippen LogP contribution in [-0.2, 0) is 0 Å². The first-order valence-electron chi connectivity index (χ1n) is 4.56. The molecule has 0 amide bonds. The van der Waals surface area contributed by atoms with Crippen molar-refractivity contribution in [2.45, 2.75) is 5.92 Å². The molecule has 2 rings (SSSR count). The number of benzene rings is 1. The molecule has 3 heteroatoms. The van der Waals surface area contributed by atoms with E-state index in [1.807, 2.05) is 24.3 Å². The summed E-state index contributed by atoms with van der Waals surface area (Å²) in [6, 6.07) is 5.75. The minimum atomic E-state index is 0.230. The highest BCUT2D eigenvalue weighted by atomic mass is 16.5. The normalized spacial score (nSPS) is 18.6. The van der Waals surface area contributed by atoms with Crippen LogP contribution in [-0.4, -0.2) is 13.7 Å². The first kappa shape index (κ1) is 9.09. The average molecular weight is 191 g/mol. The third-order valence-electron chi connectivity index (χ3n) is 2.38. The van der Waals surface area contributed by atoms with Gasteiger partial charge in [0.15, 0.2) is 0 Å². The topological polar surface area (TPSA) is 44.5 Å². The van der Waals surface area contributed by atoms with Crippen LogP contribution in [0.1, 0.15) is 11.5 Å². The fourth-order valence-corrected chi connectivity index (χ4v) is 1.57. The third-order valence-corrected chi connectivity index (χ3v) is 2.38. The second kappa shape index (κ2) is 3.72. The highest BCUT2D eigenvalue weighted by Crippen LogP contribution is 2.33. The van der Waals surface area contributed by atoms with Crippen LogP contribution in [0.2, 0.25) is 0 Å². The minimum absolute atomic E-state index is 0.230. The molecule has 1 heterocycles. The molecule has 0 saturated heterocycles. The van der Waals surface area contributed by atoms with Gasteiger partial charge in [-0.05, 0) is 24.3 Å². The van der Waals surface area contributed by atoms with Crippen LogP contribution >= 0.6 is 0 Å². The van der Waals surface area contributed by atoms with Gasteiger partial charge in [-0.2, -0.15) is 0 Å². The van der Waals surface area contributed by atoms with Crippen molar-refractivity contribution in [1.29, 1.82) is 0 Å². The Labute approximate surface area is 83.1 Å². The molecule has 0 fully saturated rings. The lowest BCUT2D eigenvalue weighted by molar-refractivity contribution is 0.409. The van der Waals surface area contributed by atoms with Crippen LogP contribution in [0.25, 0.3) is 0 Å². The molecule has 1 aliphatic rings. The Bertz CT molecular complexity index is 360. The summed E-state index contributed by atoms with van der Waals surface area (Å²) in [6.45, 7) is 0.583. The molecule has 1 aliphatic heterocycles. The van der Waals surface area contributed by atoms with Crippen LogP contribution in [0.3, 0.4) is 0 Å². The molecule has 2 N–H and O–H groups in total. The summed E-state index contributed by atoms with van der Waals surface area (Å²) in [4.78, 5) is 0. The minimum Gasteiger partial charge on any atom is -0.497 e. The summed E-state index contributed by atoms with van der Waals surface area (Å²) < 4.78 is 10.5. The van der Waals surface area contributed by atoms with Gasteiger partial charge in [-0.1, -0.05) is 0 Å². The number of methoxy groups -OCH3 is 1. The summed E-state index contributed by atoms with van der Waals surface area (Å²) in [6.07, 6.45) is 3.65. The molecule has 0 aromatic heterocycles. The van der Waals surface area contributed by atoms with Crippen molar-refractivity contribution >= 4 is 0 Å². The second-order valence-corrected chi connectivity index (χ2v) is 3.19.